The van der Waals surface area contributed by atoms with E-state index in [1.807, 2.05) is 6.92 Å². The lowest BCUT2D eigenvalue weighted by Crippen LogP contribution is -2.32. The van der Waals surface area contributed by atoms with Gasteiger partial charge in [-0.2, -0.15) is 5.06 Å². The third kappa shape index (κ3) is 3.72. The fourth-order valence-corrected chi connectivity index (χ4v) is 0.606. The highest BCUT2D eigenvalue weighted by atomic mass is 32.1. The van der Waals surface area contributed by atoms with Crippen molar-refractivity contribution in [3.05, 3.63) is 0 Å². The van der Waals surface area contributed by atoms with E-state index in [0.29, 0.717) is 6.42 Å². The summed E-state index contributed by atoms with van der Waals surface area (Å²) in [7, 11) is 1.51. The molecule has 1 unspecified atom stereocenters. The first-order valence-corrected chi connectivity index (χ1v) is 3.13. The number of hydroxylamine groups is 2. The number of rotatable bonds is 4. The monoisotopic (exact) mass is 152 g/mol. The average Bonchev–Trinajstić information content (AvgIpc) is 1.82. The summed E-state index contributed by atoms with van der Waals surface area (Å²) in [5.41, 5.74) is 0. The lowest BCUT2D eigenvalue weighted by atomic mass is 10.4. The van der Waals surface area contributed by atoms with Crippen LogP contribution in [0.2, 0.25) is 0 Å². The van der Waals surface area contributed by atoms with Gasteiger partial charge >= 0.3 is 0 Å². The van der Waals surface area contributed by atoms with E-state index in [-0.39, 0.29) is 6.23 Å². The smallest absolute Gasteiger partial charge is 0.154 e. The summed E-state index contributed by atoms with van der Waals surface area (Å²) >= 11 is 3.60. The van der Waals surface area contributed by atoms with E-state index < -0.39 is 0 Å². The van der Waals surface area contributed by atoms with Crippen molar-refractivity contribution in [1.82, 2.24) is 9.95 Å². The van der Waals surface area contributed by atoms with Crippen molar-refractivity contribution in [1.29, 1.82) is 0 Å². The number of nitrogens with zero attached hydrogens (tertiary/aromatic N) is 1. The second-order valence-electron chi connectivity index (χ2n) is 1.65. The maximum Gasteiger partial charge on any atom is 0.154 e. The molecule has 4 nitrogen and oxygen atoms in total. The molecule has 0 rings (SSSR count). The van der Waals surface area contributed by atoms with Gasteiger partial charge in [-0.1, -0.05) is 19.7 Å². The fraction of sp³-hybridized carbons (Fsp3) is 1.00. The van der Waals surface area contributed by atoms with Crippen LogP contribution in [-0.2, 0) is 4.84 Å². The Hall–Kier alpha value is 0.190. The van der Waals surface area contributed by atoms with Gasteiger partial charge in [-0.25, -0.2) is 0 Å². The molecule has 56 valence electrons. The number of nitrogens with one attached hydrogen (secondary N) is 1. The summed E-state index contributed by atoms with van der Waals surface area (Å²) < 4.78 is 0. The van der Waals surface area contributed by atoms with Gasteiger partial charge in [0.2, 0.25) is 0 Å². The Balaban J connectivity index is 3.41. The van der Waals surface area contributed by atoms with Crippen molar-refractivity contribution in [3.8, 4) is 0 Å². The Bertz CT molecular complexity index is 71.6. The quantitative estimate of drug-likeness (QED) is 0.310. The van der Waals surface area contributed by atoms with Crippen LogP contribution in [0.4, 0.5) is 0 Å². The summed E-state index contributed by atoms with van der Waals surface area (Å²) in [5, 5.41) is 9.75. The zero-order valence-electron chi connectivity index (χ0n) is 5.53. The van der Waals surface area contributed by atoms with E-state index in [1.54, 1.807) is 0 Å². The molecule has 1 atom stereocenters. The van der Waals surface area contributed by atoms with Crippen LogP contribution in [0.5, 0.6) is 0 Å². The summed E-state index contributed by atoms with van der Waals surface area (Å²) in [6.07, 6.45) is 0.364. The van der Waals surface area contributed by atoms with Crippen molar-refractivity contribution in [2.75, 3.05) is 7.05 Å². The highest BCUT2D eigenvalue weighted by Gasteiger charge is 2.08. The maximum absolute atomic E-state index is 8.78. The number of hydrogen-bond donors (Lipinski definition) is 3. The first kappa shape index (κ1) is 9.19. The molecule has 0 aromatic rings. The third-order valence-corrected chi connectivity index (χ3v) is 1.06. The minimum atomic E-state index is -0.331. The Morgan fingerprint density at radius 1 is 1.89 bits per heavy atom. The molecule has 0 heterocycles. The first-order valence-electron chi connectivity index (χ1n) is 2.68. The molecule has 2 N–H and O–H groups in total. The zero-order chi connectivity index (χ0) is 7.28. The van der Waals surface area contributed by atoms with Crippen molar-refractivity contribution in [2.24, 2.45) is 0 Å². The van der Waals surface area contributed by atoms with Gasteiger partial charge in [0.1, 0.15) is 0 Å². The molecule has 0 aromatic heterocycles. The van der Waals surface area contributed by atoms with Crippen LogP contribution in [0, 0.1) is 0 Å². The van der Waals surface area contributed by atoms with E-state index >= 15 is 0 Å². The summed E-state index contributed by atoms with van der Waals surface area (Å²) in [6.45, 7) is 1.89. The molecular formula is C4H12N2O2S. The van der Waals surface area contributed by atoms with Crippen molar-refractivity contribution in [3.63, 3.8) is 0 Å². The van der Waals surface area contributed by atoms with Crippen LogP contribution in [0.25, 0.3) is 0 Å². The first-order chi connectivity index (χ1) is 4.22. The van der Waals surface area contributed by atoms with E-state index in [1.165, 1.54) is 7.05 Å². The van der Waals surface area contributed by atoms with Gasteiger partial charge in [-0.15, -0.1) is 4.89 Å². The number of thiol groups is 1. The van der Waals surface area contributed by atoms with Crippen LogP contribution in [0.3, 0.4) is 0 Å². The highest BCUT2D eigenvalue weighted by molar-refractivity contribution is 7.77. The van der Waals surface area contributed by atoms with E-state index in [0.717, 1.165) is 5.06 Å². The van der Waals surface area contributed by atoms with Crippen LogP contribution < -0.4 is 4.89 Å². The Labute approximate surface area is 60.3 Å². The second-order valence-corrected chi connectivity index (χ2v) is 1.83. The predicted molar refractivity (Wildman–Crippen MR) is 36.8 cm³/mol. The van der Waals surface area contributed by atoms with E-state index in [9.17, 15) is 0 Å². The molecule has 0 radical (unpaired) electrons. The fourth-order valence-electron chi connectivity index (χ4n) is 0.485. The highest BCUT2D eigenvalue weighted by Crippen LogP contribution is 1.97. The molecule has 9 heavy (non-hydrogen) atoms. The van der Waals surface area contributed by atoms with Crippen molar-refractivity contribution < 1.29 is 10.0 Å². The lowest BCUT2D eigenvalue weighted by molar-refractivity contribution is -0.210. The molecule has 0 aliphatic heterocycles. The van der Waals surface area contributed by atoms with E-state index in [2.05, 4.69) is 17.7 Å². The van der Waals surface area contributed by atoms with Gasteiger partial charge < -0.3 is 5.21 Å². The molecule has 0 aliphatic rings. The van der Waals surface area contributed by atoms with Crippen LogP contribution >= 0.6 is 12.8 Å². The summed E-state index contributed by atoms with van der Waals surface area (Å²) in [5.74, 6) is 0. The standard InChI is InChI=1S/C4H12N2O2S/c1-3-4(6(2)7)8-5-9/h4-5,7,9H,3H2,1-2H3. The minimum absolute atomic E-state index is 0.331. The van der Waals surface area contributed by atoms with E-state index in [4.69, 9.17) is 10.0 Å². The SMILES string of the molecule is CCC(ONS)N(C)O. The third-order valence-electron chi connectivity index (χ3n) is 0.955. The van der Waals surface area contributed by atoms with Crippen LogP contribution in [0.15, 0.2) is 0 Å². The molecule has 0 saturated heterocycles. The molecule has 0 bridgehead atoms. The topological polar surface area (TPSA) is 44.7 Å². The molecule has 0 saturated carbocycles. The Morgan fingerprint density at radius 2 is 2.44 bits per heavy atom. The van der Waals surface area contributed by atoms with Gasteiger partial charge in [-0.3, -0.25) is 4.84 Å². The average molecular weight is 152 g/mol. The molecule has 0 spiro atoms. The Kier molecular flexibility index (Phi) is 5.12. The molecule has 0 aromatic carbocycles. The minimum Gasteiger partial charge on any atom is -0.312 e. The summed E-state index contributed by atoms with van der Waals surface area (Å²) in [4.78, 5) is 6.94. The van der Waals surface area contributed by atoms with Crippen molar-refractivity contribution in [2.45, 2.75) is 19.6 Å². The molecule has 0 amide bonds. The number of hydrogen-bond acceptors (Lipinski definition) is 5. The molecule has 5 heteroatoms. The lowest BCUT2D eigenvalue weighted by Gasteiger charge is -2.18. The van der Waals surface area contributed by atoms with Gasteiger partial charge in [0.05, 0.1) is 0 Å². The van der Waals surface area contributed by atoms with Gasteiger partial charge in [0.15, 0.2) is 6.23 Å². The largest absolute Gasteiger partial charge is 0.312 e. The molecule has 0 fully saturated rings. The van der Waals surface area contributed by atoms with Gasteiger partial charge in [-0.05, 0) is 6.42 Å². The maximum atomic E-state index is 8.78. The van der Waals surface area contributed by atoms with Gasteiger partial charge in [0.25, 0.3) is 0 Å². The second kappa shape index (κ2) is 5.01. The van der Waals surface area contributed by atoms with Gasteiger partial charge in [0, 0.05) is 7.05 Å². The summed E-state index contributed by atoms with van der Waals surface area (Å²) in [6, 6.07) is 0. The zero-order valence-corrected chi connectivity index (χ0v) is 6.43. The normalized spacial score (nSPS) is 14.3. The van der Waals surface area contributed by atoms with Crippen molar-refractivity contribution >= 4 is 12.8 Å². The van der Waals surface area contributed by atoms with Crippen LogP contribution in [0.1, 0.15) is 13.3 Å². The Morgan fingerprint density at radius 3 is 2.56 bits per heavy atom. The molecule has 0 aliphatic carbocycles. The van der Waals surface area contributed by atoms with Crippen LogP contribution in [-0.4, -0.2) is 23.5 Å². The predicted octanol–water partition coefficient (Wildman–Crippen LogP) is 0.410. The molecular weight excluding hydrogens is 140 g/mol.